The number of phenolic OH excluding ortho intramolecular Hbond substituents is 1. The van der Waals surface area contributed by atoms with Gasteiger partial charge in [0.25, 0.3) is 0 Å². The maximum Gasteiger partial charge on any atom is 0.125 e. The monoisotopic (exact) mass is 170 g/mol. The van der Waals surface area contributed by atoms with Gasteiger partial charge in [0.2, 0.25) is 0 Å². The molecule has 0 fully saturated rings. The number of hydrazine groups is 1. The fourth-order valence-corrected chi connectivity index (χ4v) is 0.809. The summed E-state index contributed by atoms with van der Waals surface area (Å²) in [7, 11) is 1.59. The molecule has 0 aliphatic heterocycles. The second-order valence-electron chi connectivity index (χ2n) is 2.15. The first-order chi connectivity index (χ1) is 5.74. The standard InChI is InChI=1S/C8H10O2.H4N2/c1-6-3-4-7(9)5-8(6)10-2;1-2/h3-5,9H,1-2H3;1-2H2. The van der Waals surface area contributed by atoms with Gasteiger partial charge in [0.05, 0.1) is 7.11 Å². The van der Waals surface area contributed by atoms with Crippen LogP contribution < -0.4 is 16.4 Å². The molecule has 0 saturated heterocycles. The molecule has 4 nitrogen and oxygen atoms in total. The molecule has 12 heavy (non-hydrogen) atoms. The molecule has 0 atom stereocenters. The number of hydrogen-bond donors (Lipinski definition) is 3. The van der Waals surface area contributed by atoms with Gasteiger partial charge in [-0.15, -0.1) is 0 Å². The van der Waals surface area contributed by atoms with E-state index >= 15 is 0 Å². The molecule has 5 N–H and O–H groups in total. The zero-order chi connectivity index (χ0) is 9.56. The Bertz CT molecular complexity index is 238. The Morgan fingerprint density at radius 1 is 1.33 bits per heavy atom. The number of aromatic hydroxyl groups is 1. The first kappa shape index (κ1) is 10.7. The van der Waals surface area contributed by atoms with Crippen LogP contribution in [0.25, 0.3) is 0 Å². The van der Waals surface area contributed by atoms with Gasteiger partial charge in [-0.3, -0.25) is 11.7 Å². The lowest BCUT2D eigenvalue weighted by atomic mass is 10.2. The fourth-order valence-electron chi connectivity index (χ4n) is 0.809. The van der Waals surface area contributed by atoms with Gasteiger partial charge < -0.3 is 9.84 Å². The summed E-state index contributed by atoms with van der Waals surface area (Å²) >= 11 is 0. The van der Waals surface area contributed by atoms with Crippen molar-refractivity contribution in [2.45, 2.75) is 6.92 Å². The Morgan fingerprint density at radius 3 is 2.33 bits per heavy atom. The van der Waals surface area contributed by atoms with Crippen LogP contribution >= 0.6 is 0 Å². The van der Waals surface area contributed by atoms with Crippen molar-refractivity contribution < 1.29 is 9.84 Å². The Kier molecular flexibility index (Phi) is 4.83. The Morgan fingerprint density at radius 2 is 1.92 bits per heavy atom. The summed E-state index contributed by atoms with van der Waals surface area (Å²) in [5.41, 5.74) is 1.03. The Hall–Kier alpha value is -1.26. The predicted octanol–water partition coefficient (Wildman–Crippen LogP) is 0.528. The minimum atomic E-state index is 0.238. The minimum absolute atomic E-state index is 0.238. The molecule has 0 heterocycles. The first-order valence-corrected chi connectivity index (χ1v) is 3.41. The van der Waals surface area contributed by atoms with Crippen LogP contribution in [-0.2, 0) is 0 Å². The third kappa shape index (κ3) is 2.77. The highest BCUT2D eigenvalue weighted by Gasteiger charge is 1.96. The maximum atomic E-state index is 8.99. The van der Waals surface area contributed by atoms with E-state index in [1.807, 2.05) is 13.0 Å². The van der Waals surface area contributed by atoms with Gasteiger partial charge in [-0.05, 0) is 18.6 Å². The molecule has 1 rings (SSSR count). The van der Waals surface area contributed by atoms with E-state index in [4.69, 9.17) is 9.84 Å². The van der Waals surface area contributed by atoms with Crippen molar-refractivity contribution in [1.29, 1.82) is 0 Å². The second kappa shape index (κ2) is 5.40. The van der Waals surface area contributed by atoms with Crippen molar-refractivity contribution in [3.8, 4) is 11.5 Å². The number of ether oxygens (including phenoxy) is 1. The summed E-state index contributed by atoms with van der Waals surface area (Å²) in [6.45, 7) is 1.93. The summed E-state index contributed by atoms with van der Waals surface area (Å²) in [4.78, 5) is 0. The quantitative estimate of drug-likeness (QED) is 0.424. The number of benzene rings is 1. The number of phenols is 1. The highest BCUT2D eigenvalue weighted by molar-refractivity contribution is 5.38. The van der Waals surface area contributed by atoms with E-state index in [-0.39, 0.29) is 5.75 Å². The molecule has 0 aliphatic carbocycles. The van der Waals surface area contributed by atoms with Gasteiger partial charge in [0.15, 0.2) is 0 Å². The van der Waals surface area contributed by atoms with Crippen LogP contribution in [0, 0.1) is 6.92 Å². The van der Waals surface area contributed by atoms with Crippen LogP contribution in [0.1, 0.15) is 5.56 Å². The molecular formula is C8H14N2O2. The number of rotatable bonds is 1. The van der Waals surface area contributed by atoms with Gasteiger partial charge in [-0.2, -0.15) is 0 Å². The molecular weight excluding hydrogens is 156 g/mol. The molecule has 1 aromatic rings. The van der Waals surface area contributed by atoms with Gasteiger partial charge in [0, 0.05) is 6.07 Å². The Balaban J connectivity index is 0.000000561. The number of nitrogens with two attached hydrogens (primary N) is 2. The summed E-state index contributed by atoms with van der Waals surface area (Å²) < 4.78 is 4.97. The van der Waals surface area contributed by atoms with Crippen LogP contribution in [-0.4, -0.2) is 12.2 Å². The predicted molar refractivity (Wildman–Crippen MR) is 47.8 cm³/mol. The van der Waals surface area contributed by atoms with Crippen molar-refractivity contribution >= 4 is 0 Å². The van der Waals surface area contributed by atoms with Crippen molar-refractivity contribution in [2.24, 2.45) is 11.7 Å². The number of hydrogen-bond acceptors (Lipinski definition) is 4. The van der Waals surface area contributed by atoms with Crippen molar-refractivity contribution in [1.82, 2.24) is 0 Å². The zero-order valence-electron chi connectivity index (χ0n) is 7.24. The van der Waals surface area contributed by atoms with E-state index in [1.165, 1.54) is 0 Å². The third-order valence-corrected chi connectivity index (χ3v) is 1.39. The molecule has 0 aliphatic rings. The molecule has 68 valence electrons. The minimum Gasteiger partial charge on any atom is -0.508 e. The van der Waals surface area contributed by atoms with Gasteiger partial charge in [0.1, 0.15) is 11.5 Å². The van der Waals surface area contributed by atoms with Crippen LogP contribution in [0.4, 0.5) is 0 Å². The van der Waals surface area contributed by atoms with Crippen LogP contribution in [0.15, 0.2) is 18.2 Å². The summed E-state index contributed by atoms with van der Waals surface area (Å²) in [5, 5.41) is 8.99. The average molecular weight is 170 g/mol. The first-order valence-electron chi connectivity index (χ1n) is 3.41. The fraction of sp³-hybridized carbons (Fsp3) is 0.250. The van der Waals surface area contributed by atoms with E-state index < -0.39 is 0 Å². The maximum absolute atomic E-state index is 8.99. The van der Waals surface area contributed by atoms with E-state index in [0.717, 1.165) is 11.3 Å². The van der Waals surface area contributed by atoms with Crippen molar-refractivity contribution in [2.75, 3.05) is 7.11 Å². The van der Waals surface area contributed by atoms with Crippen LogP contribution in [0.5, 0.6) is 11.5 Å². The van der Waals surface area contributed by atoms with Gasteiger partial charge >= 0.3 is 0 Å². The van der Waals surface area contributed by atoms with E-state index in [9.17, 15) is 0 Å². The SMILES string of the molecule is COc1cc(O)ccc1C.NN. The summed E-state index contributed by atoms with van der Waals surface area (Å²) in [6.07, 6.45) is 0. The van der Waals surface area contributed by atoms with E-state index in [2.05, 4.69) is 11.7 Å². The second-order valence-corrected chi connectivity index (χ2v) is 2.15. The van der Waals surface area contributed by atoms with E-state index in [1.54, 1.807) is 19.2 Å². The van der Waals surface area contributed by atoms with Crippen LogP contribution in [0.2, 0.25) is 0 Å². The summed E-state index contributed by atoms with van der Waals surface area (Å²) in [5.74, 6) is 8.96. The summed E-state index contributed by atoms with van der Waals surface area (Å²) in [6, 6.07) is 5.04. The average Bonchev–Trinajstić information content (AvgIpc) is 2.13. The highest BCUT2D eigenvalue weighted by atomic mass is 16.5. The third-order valence-electron chi connectivity index (χ3n) is 1.39. The lowest BCUT2D eigenvalue weighted by molar-refractivity contribution is 0.404. The lowest BCUT2D eigenvalue weighted by Gasteiger charge is -2.02. The molecule has 1 aromatic carbocycles. The molecule has 0 radical (unpaired) electrons. The topological polar surface area (TPSA) is 81.5 Å². The molecule has 0 saturated carbocycles. The molecule has 4 heteroatoms. The molecule has 0 amide bonds. The molecule has 0 unspecified atom stereocenters. The normalized spacial score (nSPS) is 8.33. The van der Waals surface area contributed by atoms with Gasteiger partial charge in [-0.1, -0.05) is 6.07 Å². The number of methoxy groups -OCH3 is 1. The smallest absolute Gasteiger partial charge is 0.125 e. The Labute approximate surface area is 71.7 Å². The van der Waals surface area contributed by atoms with E-state index in [0.29, 0.717) is 0 Å². The van der Waals surface area contributed by atoms with Gasteiger partial charge in [-0.25, -0.2) is 0 Å². The molecule has 0 bridgehead atoms. The van der Waals surface area contributed by atoms with Crippen molar-refractivity contribution in [3.63, 3.8) is 0 Å². The highest BCUT2D eigenvalue weighted by Crippen LogP contribution is 2.22. The number of aryl methyl sites for hydroxylation is 1. The molecule has 0 aromatic heterocycles. The zero-order valence-corrected chi connectivity index (χ0v) is 7.24. The lowest BCUT2D eigenvalue weighted by Crippen LogP contribution is -2.02. The largest absolute Gasteiger partial charge is 0.508 e. The van der Waals surface area contributed by atoms with Crippen molar-refractivity contribution in [3.05, 3.63) is 23.8 Å². The molecule has 0 spiro atoms. The van der Waals surface area contributed by atoms with Crippen LogP contribution in [0.3, 0.4) is 0 Å².